The number of phosphoric ester groups is 2. The van der Waals surface area contributed by atoms with Gasteiger partial charge in [0, 0.05) is 25.7 Å². The first-order valence-electron chi connectivity index (χ1n) is 33.5. The number of aliphatic hydroxyl groups excluding tert-OH is 1. The highest BCUT2D eigenvalue weighted by Gasteiger charge is 2.30. The van der Waals surface area contributed by atoms with Crippen LogP contribution >= 0.6 is 15.6 Å². The molecule has 0 radical (unpaired) electrons. The van der Waals surface area contributed by atoms with Gasteiger partial charge in [-0.3, -0.25) is 37.3 Å². The zero-order valence-corrected chi connectivity index (χ0v) is 55.3. The third-order valence-corrected chi connectivity index (χ3v) is 17.0. The lowest BCUT2D eigenvalue weighted by atomic mass is 10.00. The molecule has 0 saturated heterocycles. The molecule has 0 spiro atoms. The molecule has 83 heavy (non-hydrogen) atoms. The Morgan fingerprint density at radius 2 is 0.614 bits per heavy atom. The van der Waals surface area contributed by atoms with E-state index in [4.69, 9.17) is 37.0 Å². The fourth-order valence-electron chi connectivity index (χ4n) is 9.50. The number of hydrogen-bond donors (Lipinski definition) is 3. The summed E-state index contributed by atoms with van der Waals surface area (Å²) in [6.07, 6.45) is 39.3. The second-order valence-electron chi connectivity index (χ2n) is 23.9. The van der Waals surface area contributed by atoms with Gasteiger partial charge in [0.25, 0.3) is 0 Å². The van der Waals surface area contributed by atoms with E-state index in [-0.39, 0.29) is 25.7 Å². The summed E-state index contributed by atoms with van der Waals surface area (Å²) in [5.74, 6) is -0.660. The molecule has 3 N–H and O–H groups in total. The lowest BCUT2D eigenvalue weighted by Crippen LogP contribution is -2.30. The summed E-state index contributed by atoms with van der Waals surface area (Å²) in [4.78, 5) is 72.0. The van der Waals surface area contributed by atoms with Gasteiger partial charge in [0.1, 0.15) is 19.3 Å². The minimum atomic E-state index is -4.94. The number of ether oxygens (including phenoxy) is 4. The Labute approximate surface area is 505 Å². The van der Waals surface area contributed by atoms with E-state index in [9.17, 15) is 43.2 Å². The Morgan fingerprint density at radius 1 is 0.349 bits per heavy atom. The Kier molecular flexibility index (Phi) is 55.2. The maximum atomic E-state index is 13.0. The fourth-order valence-corrected chi connectivity index (χ4v) is 11.1. The Morgan fingerprint density at radius 3 is 0.916 bits per heavy atom. The molecule has 0 aromatic heterocycles. The molecular weight excluding hydrogens is 1100 g/mol. The zero-order chi connectivity index (χ0) is 61.5. The summed E-state index contributed by atoms with van der Waals surface area (Å²) in [6.45, 7) is 9.36. The number of carbonyl (C=O) groups excluding carboxylic acids is 4. The first-order chi connectivity index (χ1) is 39.9. The van der Waals surface area contributed by atoms with Gasteiger partial charge in [0.05, 0.1) is 26.4 Å². The van der Waals surface area contributed by atoms with Crippen LogP contribution in [0.1, 0.15) is 318 Å². The summed E-state index contributed by atoms with van der Waals surface area (Å²) < 4.78 is 67.8. The van der Waals surface area contributed by atoms with Crippen molar-refractivity contribution >= 4 is 39.5 Å². The molecular formula is C64H124O17P2. The number of carbonyl (C=O) groups is 4. The van der Waals surface area contributed by atoms with Gasteiger partial charge in [-0.25, -0.2) is 9.13 Å². The Balaban J connectivity index is 5.18. The molecule has 492 valence electrons. The van der Waals surface area contributed by atoms with Gasteiger partial charge < -0.3 is 33.8 Å². The minimum absolute atomic E-state index is 0.102. The van der Waals surface area contributed by atoms with Crippen LogP contribution in [0.5, 0.6) is 0 Å². The van der Waals surface area contributed by atoms with Gasteiger partial charge in [0.2, 0.25) is 0 Å². The zero-order valence-electron chi connectivity index (χ0n) is 53.5. The van der Waals surface area contributed by atoms with E-state index in [1.165, 1.54) is 128 Å². The second kappa shape index (κ2) is 56.6. The predicted molar refractivity (Wildman–Crippen MR) is 331 cm³/mol. The average molecular weight is 1230 g/mol. The Bertz CT molecular complexity index is 1630. The molecule has 0 aromatic carbocycles. The molecule has 17 nitrogen and oxygen atoms in total. The lowest BCUT2D eigenvalue weighted by molar-refractivity contribution is -0.161. The van der Waals surface area contributed by atoms with Crippen LogP contribution in [0.15, 0.2) is 0 Å². The van der Waals surface area contributed by atoms with Crippen LogP contribution in [0.4, 0.5) is 0 Å². The molecule has 0 heterocycles. The van der Waals surface area contributed by atoms with Crippen molar-refractivity contribution in [3.8, 4) is 0 Å². The number of hydrogen-bond acceptors (Lipinski definition) is 15. The highest BCUT2D eigenvalue weighted by molar-refractivity contribution is 7.47. The number of phosphoric acid groups is 2. The molecule has 0 saturated carbocycles. The van der Waals surface area contributed by atoms with E-state index < -0.39 is 97.5 Å². The van der Waals surface area contributed by atoms with Gasteiger partial charge >= 0.3 is 39.5 Å². The molecule has 6 atom stereocenters. The van der Waals surface area contributed by atoms with Crippen molar-refractivity contribution in [2.24, 2.45) is 11.8 Å². The van der Waals surface area contributed by atoms with Crippen LogP contribution in [0.25, 0.3) is 0 Å². The highest BCUT2D eigenvalue weighted by Crippen LogP contribution is 2.45. The molecule has 0 aliphatic carbocycles. The topological polar surface area (TPSA) is 237 Å². The molecule has 3 unspecified atom stereocenters. The maximum Gasteiger partial charge on any atom is 0.472 e. The van der Waals surface area contributed by atoms with Gasteiger partial charge in [-0.1, -0.05) is 266 Å². The molecule has 0 aromatic rings. The van der Waals surface area contributed by atoms with Crippen LogP contribution in [-0.4, -0.2) is 96.7 Å². The minimum Gasteiger partial charge on any atom is -0.462 e. The summed E-state index contributed by atoms with van der Waals surface area (Å²) in [5, 5.41) is 10.5. The number of aliphatic hydroxyl groups is 1. The van der Waals surface area contributed by atoms with Crippen LogP contribution in [0.3, 0.4) is 0 Å². The van der Waals surface area contributed by atoms with Crippen LogP contribution in [0, 0.1) is 11.8 Å². The second-order valence-corrected chi connectivity index (χ2v) is 26.8. The SMILES string of the molecule is CCCCCCCCCCCCCCCCC(=O)OC[C@H](COP(=O)(O)OC[C@@H](O)COP(=O)(O)OC[C@@H](COC(=O)CCCCCCC)OC(=O)CCCCCCCCC(C)CC)OC(=O)CCCCCCCCCCCCCC(C)C. The van der Waals surface area contributed by atoms with E-state index in [1.54, 1.807) is 0 Å². The normalized spacial score (nSPS) is 14.6. The third-order valence-electron chi connectivity index (χ3n) is 15.1. The Hall–Kier alpha value is -1.94. The molecule has 19 heteroatoms. The number of esters is 4. The van der Waals surface area contributed by atoms with E-state index >= 15 is 0 Å². The van der Waals surface area contributed by atoms with Gasteiger partial charge in [-0.15, -0.1) is 0 Å². The summed E-state index contributed by atoms with van der Waals surface area (Å²) in [6, 6.07) is 0. The van der Waals surface area contributed by atoms with Gasteiger partial charge in [0.15, 0.2) is 12.2 Å². The maximum absolute atomic E-state index is 13.0. The summed E-state index contributed by atoms with van der Waals surface area (Å²) in [7, 11) is -9.88. The molecule has 0 aliphatic heterocycles. The van der Waals surface area contributed by atoms with Crippen LogP contribution < -0.4 is 0 Å². The van der Waals surface area contributed by atoms with Crippen molar-refractivity contribution in [2.45, 2.75) is 336 Å². The third kappa shape index (κ3) is 57.6. The van der Waals surface area contributed by atoms with Gasteiger partial charge in [-0.05, 0) is 37.5 Å². The van der Waals surface area contributed by atoms with E-state index in [1.807, 2.05) is 0 Å². The molecule has 0 aliphatic rings. The van der Waals surface area contributed by atoms with E-state index in [0.717, 1.165) is 108 Å². The van der Waals surface area contributed by atoms with Crippen LogP contribution in [0.2, 0.25) is 0 Å². The monoisotopic (exact) mass is 1230 g/mol. The highest BCUT2D eigenvalue weighted by atomic mass is 31.2. The quantitative estimate of drug-likeness (QED) is 0.0222. The number of unbranched alkanes of at least 4 members (excludes halogenated alkanes) is 32. The van der Waals surface area contributed by atoms with Crippen molar-refractivity contribution in [3.63, 3.8) is 0 Å². The molecule has 0 rings (SSSR count). The lowest BCUT2D eigenvalue weighted by Gasteiger charge is -2.21. The van der Waals surface area contributed by atoms with Gasteiger partial charge in [-0.2, -0.15) is 0 Å². The van der Waals surface area contributed by atoms with Crippen molar-refractivity contribution in [1.82, 2.24) is 0 Å². The standard InChI is InChI=1S/C64H124O17P2/c1-7-10-12-14-15-16-17-18-19-22-25-28-35-41-47-62(67)75-53-60(80-63(68)48-42-36-29-26-23-20-21-24-27-33-38-44-56(4)5)55-79-83(72,73)77-51-58(65)50-76-82(70,71)78-54-59(52-74-61(66)46-40-32-13-11-8-2)81-64(69)49-43-37-31-30-34-39-45-57(6)9-3/h56-60,65H,7-55H2,1-6H3,(H,70,71)(H,72,73)/t57?,58-,59+,60+/m0/s1. The average Bonchev–Trinajstić information content (AvgIpc) is 3.47. The molecule has 0 amide bonds. The van der Waals surface area contributed by atoms with Crippen molar-refractivity contribution in [1.29, 1.82) is 0 Å². The van der Waals surface area contributed by atoms with Crippen molar-refractivity contribution < 1.29 is 80.2 Å². The van der Waals surface area contributed by atoms with Crippen molar-refractivity contribution in [3.05, 3.63) is 0 Å². The first kappa shape index (κ1) is 81.1. The summed E-state index contributed by atoms with van der Waals surface area (Å²) >= 11 is 0. The largest absolute Gasteiger partial charge is 0.472 e. The summed E-state index contributed by atoms with van der Waals surface area (Å²) in [5.41, 5.74) is 0. The first-order valence-corrected chi connectivity index (χ1v) is 36.5. The van der Waals surface area contributed by atoms with E-state index in [2.05, 4.69) is 41.5 Å². The van der Waals surface area contributed by atoms with E-state index in [0.29, 0.717) is 25.7 Å². The fraction of sp³-hybridized carbons (Fsp3) is 0.938. The number of rotatable bonds is 63. The molecule has 0 fully saturated rings. The smallest absolute Gasteiger partial charge is 0.462 e. The molecule has 0 bridgehead atoms. The predicted octanol–water partition coefficient (Wildman–Crippen LogP) is 17.7. The van der Waals surface area contributed by atoms with Crippen molar-refractivity contribution in [2.75, 3.05) is 39.6 Å². The van der Waals surface area contributed by atoms with Crippen LogP contribution in [-0.2, 0) is 65.4 Å².